The molecule has 140 valence electrons. The summed E-state index contributed by atoms with van der Waals surface area (Å²) in [6.45, 7) is 0. The van der Waals surface area contributed by atoms with E-state index < -0.39 is 17.7 Å². The van der Waals surface area contributed by atoms with E-state index in [1.807, 2.05) is 18.2 Å². The normalized spacial score (nSPS) is 16.5. The van der Waals surface area contributed by atoms with Crippen LogP contribution in [0.2, 0.25) is 0 Å². The molecule has 1 amide bonds. The summed E-state index contributed by atoms with van der Waals surface area (Å²) in [5.74, 6) is -0.784. The fraction of sp³-hybridized carbons (Fsp3) is 0.0909. The first kappa shape index (κ1) is 18.0. The fourth-order valence-electron chi connectivity index (χ4n) is 3.33. The molecule has 0 saturated carbocycles. The average Bonchev–Trinajstić information content (AvgIpc) is 3.36. The molecule has 1 atom stereocenters. The van der Waals surface area contributed by atoms with E-state index >= 15 is 0 Å². The lowest BCUT2D eigenvalue weighted by molar-refractivity contribution is -0.117. The van der Waals surface area contributed by atoms with Crippen molar-refractivity contribution < 1.29 is 19.4 Å². The Balaban J connectivity index is 1.86. The zero-order valence-electron chi connectivity index (χ0n) is 15.0. The van der Waals surface area contributed by atoms with Gasteiger partial charge in [-0.1, -0.05) is 36.4 Å². The molecule has 2 heterocycles. The van der Waals surface area contributed by atoms with Gasteiger partial charge in [0.25, 0.3) is 5.91 Å². The summed E-state index contributed by atoms with van der Waals surface area (Å²) in [4.78, 5) is 28.0. The molecule has 1 aromatic heterocycles. The minimum atomic E-state index is -0.726. The van der Waals surface area contributed by atoms with Crippen molar-refractivity contribution in [1.29, 1.82) is 0 Å². The number of nitrogens with zero attached hydrogens (tertiary/aromatic N) is 1. The Kier molecular flexibility index (Phi) is 4.71. The van der Waals surface area contributed by atoms with Crippen LogP contribution >= 0.6 is 11.3 Å². The quantitative estimate of drug-likeness (QED) is 0.649. The predicted molar refractivity (Wildman–Crippen MR) is 108 cm³/mol. The average molecular weight is 391 g/mol. The van der Waals surface area contributed by atoms with Crippen molar-refractivity contribution >= 4 is 28.7 Å². The molecule has 0 spiro atoms. The Labute approximate surface area is 166 Å². The third kappa shape index (κ3) is 2.97. The molecule has 1 unspecified atom stereocenters. The largest absolute Gasteiger partial charge is 0.503 e. The van der Waals surface area contributed by atoms with Gasteiger partial charge in [0, 0.05) is 5.69 Å². The molecule has 0 radical (unpaired) electrons. The topological polar surface area (TPSA) is 66.8 Å². The monoisotopic (exact) mass is 391 g/mol. The van der Waals surface area contributed by atoms with Gasteiger partial charge in [0.15, 0.2) is 5.76 Å². The van der Waals surface area contributed by atoms with Crippen molar-refractivity contribution in [2.75, 3.05) is 12.0 Å². The molecule has 0 saturated heterocycles. The Bertz CT molecular complexity index is 1040. The van der Waals surface area contributed by atoms with E-state index in [0.717, 1.165) is 0 Å². The van der Waals surface area contributed by atoms with Crippen molar-refractivity contribution in [2.45, 2.75) is 6.04 Å². The van der Waals surface area contributed by atoms with Gasteiger partial charge in [-0.2, -0.15) is 0 Å². The molecule has 1 aliphatic rings. The fourth-order valence-corrected chi connectivity index (χ4v) is 4.01. The summed E-state index contributed by atoms with van der Waals surface area (Å²) in [6.07, 6.45) is 0. The maximum atomic E-state index is 13.1. The van der Waals surface area contributed by atoms with Gasteiger partial charge in [0.05, 0.1) is 23.6 Å². The number of hydrogen-bond donors (Lipinski definition) is 1. The van der Waals surface area contributed by atoms with E-state index in [4.69, 9.17) is 4.74 Å². The van der Waals surface area contributed by atoms with Crippen molar-refractivity contribution in [1.82, 2.24) is 0 Å². The van der Waals surface area contributed by atoms with E-state index in [0.29, 0.717) is 21.9 Å². The first-order valence-corrected chi connectivity index (χ1v) is 9.53. The number of Topliss-reactive ketones (excluding diaryl/α,β-unsaturated/α-hetero) is 1. The third-order valence-corrected chi connectivity index (χ3v) is 5.53. The highest BCUT2D eigenvalue weighted by molar-refractivity contribution is 7.12. The molecular weight excluding hydrogens is 374 g/mol. The summed E-state index contributed by atoms with van der Waals surface area (Å²) in [6, 6.07) is 18.9. The summed E-state index contributed by atoms with van der Waals surface area (Å²) in [5.41, 5.74) is 1.40. The lowest BCUT2D eigenvalue weighted by atomic mass is 9.95. The molecule has 5 nitrogen and oxygen atoms in total. The van der Waals surface area contributed by atoms with Crippen molar-refractivity contribution in [3.8, 4) is 5.75 Å². The van der Waals surface area contributed by atoms with E-state index in [9.17, 15) is 14.7 Å². The second-order valence-corrected chi connectivity index (χ2v) is 7.20. The molecule has 0 fully saturated rings. The number of anilines is 1. The number of carbonyl (C=O) groups is 2. The number of aliphatic hydroxyl groups is 1. The summed E-state index contributed by atoms with van der Waals surface area (Å²) in [5, 5.41) is 12.4. The van der Waals surface area contributed by atoms with Crippen molar-refractivity contribution in [2.24, 2.45) is 0 Å². The zero-order chi connectivity index (χ0) is 19.7. The van der Waals surface area contributed by atoms with Crippen LogP contribution in [0.3, 0.4) is 0 Å². The van der Waals surface area contributed by atoms with E-state index in [1.165, 1.54) is 16.2 Å². The first-order chi connectivity index (χ1) is 13.6. The van der Waals surface area contributed by atoms with E-state index in [-0.39, 0.29) is 11.4 Å². The smallest absolute Gasteiger partial charge is 0.294 e. The van der Waals surface area contributed by atoms with Crippen LogP contribution < -0.4 is 9.64 Å². The number of amides is 1. The third-order valence-electron chi connectivity index (χ3n) is 4.66. The molecule has 28 heavy (non-hydrogen) atoms. The number of ketones is 1. The van der Waals surface area contributed by atoms with Crippen LogP contribution in [0.5, 0.6) is 5.75 Å². The van der Waals surface area contributed by atoms with Crippen LogP contribution in [-0.4, -0.2) is 23.9 Å². The van der Waals surface area contributed by atoms with Crippen molar-refractivity contribution in [3.63, 3.8) is 0 Å². The molecule has 2 aromatic carbocycles. The number of rotatable bonds is 5. The zero-order valence-corrected chi connectivity index (χ0v) is 15.8. The number of para-hydroxylation sites is 1. The van der Waals surface area contributed by atoms with Crippen LogP contribution in [0.25, 0.3) is 0 Å². The SMILES string of the molecule is COc1ccc(C2C(C(=O)c3cccs3)=C(O)C(=O)N2c2ccccc2)cc1. The van der Waals surface area contributed by atoms with Gasteiger partial charge >= 0.3 is 0 Å². The molecule has 3 aromatic rings. The number of thiophene rings is 1. The van der Waals surface area contributed by atoms with Gasteiger partial charge < -0.3 is 9.84 Å². The van der Waals surface area contributed by atoms with Crippen LogP contribution in [-0.2, 0) is 4.79 Å². The van der Waals surface area contributed by atoms with E-state index in [2.05, 4.69) is 0 Å². The number of benzene rings is 2. The van der Waals surface area contributed by atoms with Crippen LogP contribution in [0, 0.1) is 0 Å². The van der Waals surface area contributed by atoms with Gasteiger partial charge in [0.1, 0.15) is 5.75 Å². The van der Waals surface area contributed by atoms with Gasteiger partial charge in [-0.05, 0) is 41.3 Å². The van der Waals surface area contributed by atoms with Gasteiger partial charge in [-0.3, -0.25) is 14.5 Å². The number of ether oxygens (including phenoxy) is 1. The first-order valence-electron chi connectivity index (χ1n) is 8.65. The van der Waals surface area contributed by atoms with Gasteiger partial charge in [-0.25, -0.2) is 0 Å². The standard InChI is InChI=1S/C22H17NO4S/c1-27-16-11-9-14(10-12-16)19-18(20(24)17-8-5-13-28-17)21(25)22(26)23(19)15-6-3-2-4-7-15/h2-13,19,25H,1H3. The Hall–Kier alpha value is -3.38. The lowest BCUT2D eigenvalue weighted by Crippen LogP contribution is -2.30. The second kappa shape index (κ2) is 7.32. The highest BCUT2D eigenvalue weighted by atomic mass is 32.1. The molecule has 1 aliphatic heterocycles. The van der Waals surface area contributed by atoms with E-state index in [1.54, 1.807) is 61.0 Å². The number of hydrogen-bond acceptors (Lipinski definition) is 5. The molecular formula is C22H17NO4S. The van der Waals surface area contributed by atoms with Gasteiger partial charge in [0.2, 0.25) is 5.78 Å². The number of aliphatic hydroxyl groups excluding tert-OH is 1. The maximum Gasteiger partial charge on any atom is 0.294 e. The Morgan fingerprint density at radius 3 is 2.36 bits per heavy atom. The van der Waals surface area contributed by atoms with Crippen molar-refractivity contribution in [3.05, 3.63) is 93.9 Å². The molecule has 4 rings (SSSR count). The summed E-state index contributed by atoms with van der Waals surface area (Å²) >= 11 is 1.28. The highest BCUT2D eigenvalue weighted by Gasteiger charge is 2.44. The molecule has 0 aliphatic carbocycles. The summed E-state index contributed by atoms with van der Waals surface area (Å²) < 4.78 is 5.21. The predicted octanol–water partition coefficient (Wildman–Crippen LogP) is 4.54. The lowest BCUT2D eigenvalue weighted by Gasteiger charge is -2.27. The van der Waals surface area contributed by atoms with Crippen LogP contribution in [0.4, 0.5) is 5.69 Å². The number of carbonyl (C=O) groups excluding carboxylic acids is 2. The molecule has 1 N–H and O–H groups in total. The Morgan fingerprint density at radius 1 is 1.04 bits per heavy atom. The minimum Gasteiger partial charge on any atom is -0.503 e. The highest BCUT2D eigenvalue weighted by Crippen LogP contribution is 2.42. The number of methoxy groups -OCH3 is 1. The summed E-state index contributed by atoms with van der Waals surface area (Å²) in [7, 11) is 1.57. The second-order valence-electron chi connectivity index (χ2n) is 6.26. The van der Waals surface area contributed by atoms with Gasteiger partial charge in [-0.15, -0.1) is 11.3 Å². The van der Waals surface area contributed by atoms with Crippen LogP contribution in [0.1, 0.15) is 21.3 Å². The molecule has 0 bridgehead atoms. The molecule has 6 heteroatoms. The van der Waals surface area contributed by atoms with Crippen LogP contribution in [0.15, 0.2) is 83.4 Å². The Morgan fingerprint density at radius 2 is 1.75 bits per heavy atom. The maximum absolute atomic E-state index is 13.1. The minimum absolute atomic E-state index is 0.0847.